The van der Waals surface area contributed by atoms with Gasteiger partial charge in [-0.3, -0.25) is 9.63 Å². The Kier molecular flexibility index (Phi) is 5.33. The van der Waals surface area contributed by atoms with Crippen LogP contribution in [0.15, 0.2) is 29.2 Å². The molecule has 2 rings (SSSR count). The number of carbonyl (C=O) groups excluding carboxylic acids is 1. The molecule has 1 aliphatic heterocycles. The van der Waals surface area contributed by atoms with Gasteiger partial charge in [0.25, 0.3) is 5.91 Å². The maximum atomic E-state index is 12.5. The van der Waals surface area contributed by atoms with Crippen LogP contribution in [-0.4, -0.2) is 38.3 Å². The van der Waals surface area contributed by atoms with E-state index in [1.54, 1.807) is 19.1 Å². The van der Waals surface area contributed by atoms with Gasteiger partial charge in [-0.05, 0) is 38.0 Å². The summed E-state index contributed by atoms with van der Waals surface area (Å²) in [6.07, 6.45) is 2.82. The monoisotopic (exact) mass is 312 g/mol. The lowest BCUT2D eigenvalue weighted by Crippen LogP contribution is -2.35. The van der Waals surface area contributed by atoms with Gasteiger partial charge in [-0.15, -0.1) is 0 Å². The SMILES string of the molecule is CCONC(=O)c1cccc(S(=O)(=O)N2CCCCC2)c1. The minimum absolute atomic E-state index is 0.147. The van der Waals surface area contributed by atoms with Crippen molar-refractivity contribution in [2.24, 2.45) is 0 Å². The van der Waals surface area contributed by atoms with Gasteiger partial charge in [-0.2, -0.15) is 4.31 Å². The molecule has 1 fully saturated rings. The molecule has 0 saturated carbocycles. The minimum atomic E-state index is -3.53. The molecular formula is C14H20N2O4S. The first kappa shape index (κ1) is 15.9. The third-order valence-electron chi connectivity index (χ3n) is 3.36. The molecule has 0 spiro atoms. The molecule has 0 radical (unpaired) electrons. The Bertz CT molecular complexity index is 595. The van der Waals surface area contributed by atoms with E-state index >= 15 is 0 Å². The molecule has 1 aliphatic rings. The fraction of sp³-hybridized carbons (Fsp3) is 0.500. The number of rotatable bonds is 5. The molecule has 0 aromatic heterocycles. The van der Waals surface area contributed by atoms with E-state index in [2.05, 4.69) is 5.48 Å². The summed E-state index contributed by atoms with van der Waals surface area (Å²) in [7, 11) is -3.53. The van der Waals surface area contributed by atoms with Crippen LogP contribution in [0.3, 0.4) is 0 Å². The van der Waals surface area contributed by atoms with E-state index in [0.717, 1.165) is 19.3 Å². The van der Waals surface area contributed by atoms with E-state index in [1.165, 1.54) is 16.4 Å². The van der Waals surface area contributed by atoms with Crippen LogP contribution >= 0.6 is 0 Å². The number of amides is 1. The van der Waals surface area contributed by atoms with Gasteiger partial charge in [0.1, 0.15) is 0 Å². The molecule has 1 saturated heterocycles. The van der Waals surface area contributed by atoms with Crippen molar-refractivity contribution >= 4 is 15.9 Å². The Morgan fingerprint density at radius 2 is 2.00 bits per heavy atom. The number of nitrogens with zero attached hydrogens (tertiary/aromatic N) is 1. The first-order chi connectivity index (χ1) is 10.1. The van der Waals surface area contributed by atoms with E-state index in [9.17, 15) is 13.2 Å². The van der Waals surface area contributed by atoms with Gasteiger partial charge < -0.3 is 0 Å². The van der Waals surface area contributed by atoms with Crippen LogP contribution in [0.5, 0.6) is 0 Å². The van der Waals surface area contributed by atoms with Crippen LogP contribution in [-0.2, 0) is 14.9 Å². The molecule has 116 valence electrons. The van der Waals surface area contributed by atoms with Crippen molar-refractivity contribution in [3.05, 3.63) is 29.8 Å². The fourth-order valence-electron chi connectivity index (χ4n) is 2.25. The Morgan fingerprint density at radius 1 is 1.29 bits per heavy atom. The second-order valence-electron chi connectivity index (χ2n) is 4.86. The highest BCUT2D eigenvalue weighted by molar-refractivity contribution is 7.89. The molecule has 0 unspecified atom stereocenters. The van der Waals surface area contributed by atoms with Gasteiger partial charge in [0.2, 0.25) is 10.0 Å². The van der Waals surface area contributed by atoms with Crippen molar-refractivity contribution in [1.29, 1.82) is 0 Å². The topological polar surface area (TPSA) is 75.7 Å². The van der Waals surface area contributed by atoms with E-state index in [1.807, 2.05) is 0 Å². The molecule has 1 N–H and O–H groups in total. The van der Waals surface area contributed by atoms with Gasteiger partial charge in [0.15, 0.2) is 0 Å². The number of hydroxylamine groups is 1. The van der Waals surface area contributed by atoms with Crippen molar-refractivity contribution in [3.63, 3.8) is 0 Å². The number of nitrogens with one attached hydrogen (secondary N) is 1. The zero-order valence-electron chi connectivity index (χ0n) is 12.0. The van der Waals surface area contributed by atoms with Gasteiger partial charge in [0, 0.05) is 18.7 Å². The molecule has 21 heavy (non-hydrogen) atoms. The smallest absolute Gasteiger partial charge is 0.274 e. The largest absolute Gasteiger partial charge is 0.274 e. The zero-order valence-corrected chi connectivity index (χ0v) is 12.9. The van der Waals surface area contributed by atoms with Crippen LogP contribution < -0.4 is 5.48 Å². The first-order valence-electron chi connectivity index (χ1n) is 7.08. The second kappa shape index (κ2) is 7.02. The van der Waals surface area contributed by atoms with Crippen LogP contribution in [0.25, 0.3) is 0 Å². The Balaban J connectivity index is 2.21. The number of benzene rings is 1. The van der Waals surface area contributed by atoms with Crippen molar-refractivity contribution in [2.45, 2.75) is 31.1 Å². The molecule has 7 heteroatoms. The molecule has 0 atom stereocenters. The summed E-state index contributed by atoms with van der Waals surface area (Å²) in [5.74, 6) is -0.451. The van der Waals surface area contributed by atoms with Crippen LogP contribution in [0.1, 0.15) is 36.5 Å². The summed E-state index contributed by atoms with van der Waals surface area (Å²) in [6, 6.07) is 6.03. The second-order valence-corrected chi connectivity index (χ2v) is 6.79. The molecule has 1 aromatic carbocycles. The summed E-state index contributed by atoms with van der Waals surface area (Å²) >= 11 is 0. The van der Waals surface area contributed by atoms with E-state index < -0.39 is 15.9 Å². The van der Waals surface area contributed by atoms with Crippen molar-refractivity contribution in [2.75, 3.05) is 19.7 Å². The molecule has 0 bridgehead atoms. The zero-order chi connectivity index (χ0) is 15.3. The Morgan fingerprint density at radius 3 is 2.67 bits per heavy atom. The predicted octanol–water partition coefficient (Wildman–Crippen LogP) is 1.54. The maximum Gasteiger partial charge on any atom is 0.274 e. The Hall–Kier alpha value is -1.44. The van der Waals surface area contributed by atoms with E-state index in [4.69, 9.17) is 4.84 Å². The van der Waals surface area contributed by atoms with E-state index in [-0.39, 0.29) is 10.5 Å². The lowest BCUT2D eigenvalue weighted by molar-refractivity contribution is 0.0364. The lowest BCUT2D eigenvalue weighted by atomic mass is 10.2. The van der Waals surface area contributed by atoms with Crippen LogP contribution in [0.2, 0.25) is 0 Å². The molecule has 6 nitrogen and oxygen atoms in total. The quantitative estimate of drug-likeness (QED) is 0.837. The summed E-state index contributed by atoms with van der Waals surface area (Å²) < 4.78 is 26.6. The van der Waals surface area contributed by atoms with Gasteiger partial charge >= 0.3 is 0 Å². The summed E-state index contributed by atoms with van der Waals surface area (Å²) in [4.78, 5) is 16.8. The highest BCUT2D eigenvalue weighted by atomic mass is 32.2. The fourth-order valence-corrected chi connectivity index (χ4v) is 3.81. The van der Waals surface area contributed by atoms with Gasteiger partial charge in [-0.1, -0.05) is 12.5 Å². The van der Waals surface area contributed by atoms with Crippen LogP contribution in [0, 0.1) is 0 Å². The summed E-state index contributed by atoms with van der Waals surface area (Å²) in [6.45, 7) is 3.17. The van der Waals surface area contributed by atoms with Crippen molar-refractivity contribution < 1.29 is 18.0 Å². The normalized spacial score (nSPS) is 16.6. The average molecular weight is 312 g/mol. The first-order valence-corrected chi connectivity index (χ1v) is 8.52. The third kappa shape index (κ3) is 3.81. The Labute approximate surface area is 125 Å². The minimum Gasteiger partial charge on any atom is -0.274 e. The average Bonchev–Trinajstić information content (AvgIpc) is 2.53. The number of hydrogen-bond acceptors (Lipinski definition) is 4. The number of carbonyl (C=O) groups is 1. The highest BCUT2D eigenvalue weighted by Crippen LogP contribution is 2.21. The summed E-state index contributed by atoms with van der Waals surface area (Å²) in [5, 5.41) is 0. The number of piperidine rings is 1. The summed E-state index contributed by atoms with van der Waals surface area (Å²) in [5.41, 5.74) is 2.52. The maximum absolute atomic E-state index is 12.5. The van der Waals surface area contributed by atoms with Crippen molar-refractivity contribution in [3.8, 4) is 0 Å². The van der Waals surface area contributed by atoms with E-state index in [0.29, 0.717) is 19.7 Å². The van der Waals surface area contributed by atoms with Crippen molar-refractivity contribution in [1.82, 2.24) is 9.79 Å². The standard InChI is InChI=1S/C14H20N2O4S/c1-2-20-15-14(17)12-7-6-8-13(11-12)21(18,19)16-9-4-3-5-10-16/h6-8,11H,2-5,9-10H2,1H3,(H,15,17). The molecular weight excluding hydrogens is 292 g/mol. The predicted molar refractivity (Wildman–Crippen MR) is 78.1 cm³/mol. The van der Waals surface area contributed by atoms with Gasteiger partial charge in [-0.25, -0.2) is 13.9 Å². The number of sulfonamides is 1. The van der Waals surface area contributed by atoms with Gasteiger partial charge in [0.05, 0.1) is 11.5 Å². The molecule has 0 aliphatic carbocycles. The molecule has 1 aromatic rings. The third-order valence-corrected chi connectivity index (χ3v) is 5.25. The number of hydrogen-bond donors (Lipinski definition) is 1. The molecule has 1 heterocycles. The lowest BCUT2D eigenvalue weighted by Gasteiger charge is -2.26. The molecule has 1 amide bonds. The van der Waals surface area contributed by atoms with Crippen LogP contribution in [0.4, 0.5) is 0 Å². The highest BCUT2D eigenvalue weighted by Gasteiger charge is 2.26.